The second-order valence-corrected chi connectivity index (χ2v) is 10.1. The molecule has 0 saturated carbocycles. The van der Waals surface area contributed by atoms with E-state index < -0.39 is 36.0 Å². The van der Waals surface area contributed by atoms with Crippen LogP contribution < -0.4 is 0 Å². The summed E-state index contributed by atoms with van der Waals surface area (Å²) in [6, 6.07) is 0. The first-order valence-electron chi connectivity index (χ1n) is 12.0. The van der Waals surface area contributed by atoms with Gasteiger partial charge in [-0.1, -0.05) is 32.1 Å². The number of cyclic esters (lactones) is 1. The normalized spacial score (nSPS) is 37.3. The lowest BCUT2D eigenvalue weighted by atomic mass is 9.63. The molecule has 0 aromatic carbocycles. The molecule has 2 aliphatic carbocycles. The van der Waals surface area contributed by atoms with Crippen LogP contribution in [0.25, 0.3) is 0 Å². The van der Waals surface area contributed by atoms with Crippen LogP contribution in [0.5, 0.6) is 0 Å². The molecule has 3 aliphatic rings. The average Bonchev–Trinajstić information content (AvgIpc) is 2.72. The largest absolute Gasteiger partial charge is 0.508 e. The van der Waals surface area contributed by atoms with Crippen molar-refractivity contribution in [3.8, 4) is 0 Å². The van der Waals surface area contributed by atoms with E-state index in [0.717, 1.165) is 18.4 Å². The van der Waals surface area contributed by atoms with Gasteiger partial charge in [-0.25, -0.2) is 4.79 Å². The summed E-state index contributed by atoms with van der Waals surface area (Å²) in [7, 11) is 0. The average molecular weight is 463 g/mol. The summed E-state index contributed by atoms with van der Waals surface area (Å²) < 4.78 is 16.2. The van der Waals surface area contributed by atoms with Gasteiger partial charge in [-0.15, -0.1) is 0 Å². The molecule has 5 unspecified atom stereocenters. The van der Waals surface area contributed by atoms with Crippen molar-refractivity contribution >= 4 is 12.1 Å². The molecular formula is C26H38O7. The molecule has 33 heavy (non-hydrogen) atoms. The molecule has 3 rings (SSSR count). The lowest BCUT2D eigenvalue weighted by Crippen LogP contribution is -2.50. The SMILES string of the molecule is C/C1=C\C(C)C(C(C)OC(=O)OC(C)C)OC(=O)CCC2C=CC3=C([C@H](O)[C@@H](C)CC3)C12O. The molecule has 2 N–H and O–H groups in total. The Balaban J connectivity index is 1.97. The van der Waals surface area contributed by atoms with Gasteiger partial charge in [0.25, 0.3) is 0 Å². The Hall–Kier alpha value is -2.12. The summed E-state index contributed by atoms with van der Waals surface area (Å²) in [5.74, 6) is -1.08. The molecular weight excluding hydrogens is 424 g/mol. The molecule has 0 aromatic heterocycles. The van der Waals surface area contributed by atoms with Crippen molar-refractivity contribution in [1.29, 1.82) is 0 Å². The van der Waals surface area contributed by atoms with Gasteiger partial charge >= 0.3 is 12.1 Å². The van der Waals surface area contributed by atoms with Crippen LogP contribution in [-0.4, -0.2) is 52.4 Å². The fourth-order valence-electron chi connectivity index (χ4n) is 5.34. The van der Waals surface area contributed by atoms with E-state index in [1.807, 2.05) is 39.0 Å². The number of hydrogen-bond donors (Lipinski definition) is 2. The van der Waals surface area contributed by atoms with Crippen LogP contribution in [0.2, 0.25) is 0 Å². The third kappa shape index (κ3) is 5.19. The van der Waals surface area contributed by atoms with E-state index >= 15 is 0 Å². The minimum absolute atomic E-state index is 0.0404. The zero-order chi connectivity index (χ0) is 24.5. The first kappa shape index (κ1) is 25.5. The van der Waals surface area contributed by atoms with Gasteiger partial charge in [-0.2, -0.15) is 0 Å². The van der Waals surface area contributed by atoms with E-state index in [0.29, 0.717) is 17.6 Å². The fraction of sp³-hybridized carbons (Fsp3) is 0.692. The van der Waals surface area contributed by atoms with Gasteiger partial charge in [0, 0.05) is 18.3 Å². The molecule has 1 aliphatic heterocycles. The summed E-state index contributed by atoms with van der Waals surface area (Å²) >= 11 is 0. The van der Waals surface area contributed by atoms with E-state index in [9.17, 15) is 19.8 Å². The Bertz CT molecular complexity index is 855. The van der Waals surface area contributed by atoms with Crippen LogP contribution in [0.15, 0.2) is 34.9 Å². The topological polar surface area (TPSA) is 102 Å². The molecule has 0 spiro atoms. The second kappa shape index (κ2) is 10.0. The quantitative estimate of drug-likeness (QED) is 0.478. The predicted octanol–water partition coefficient (Wildman–Crippen LogP) is 4.23. The number of ether oxygens (including phenoxy) is 3. The Labute approximate surface area is 196 Å². The van der Waals surface area contributed by atoms with Gasteiger partial charge in [-0.05, 0) is 69.6 Å². The minimum atomic E-state index is -1.38. The third-order valence-corrected chi connectivity index (χ3v) is 7.16. The van der Waals surface area contributed by atoms with Gasteiger partial charge in [0.2, 0.25) is 0 Å². The summed E-state index contributed by atoms with van der Waals surface area (Å²) in [6.07, 6.45) is 4.60. The highest BCUT2D eigenvalue weighted by molar-refractivity contribution is 5.70. The van der Waals surface area contributed by atoms with Crippen LogP contribution in [0.4, 0.5) is 4.79 Å². The maximum absolute atomic E-state index is 12.7. The lowest BCUT2D eigenvalue weighted by Gasteiger charge is -2.47. The summed E-state index contributed by atoms with van der Waals surface area (Å²) in [6.45, 7) is 10.8. The van der Waals surface area contributed by atoms with Crippen LogP contribution in [0.3, 0.4) is 0 Å². The van der Waals surface area contributed by atoms with Gasteiger partial charge in [0.15, 0.2) is 0 Å². The summed E-state index contributed by atoms with van der Waals surface area (Å²) in [5.41, 5.74) is 0.953. The van der Waals surface area contributed by atoms with Gasteiger partial charge < -0.3 is 24.4 Å². The van der Waals surface area contributed by atoms with E-state index in [1.54, 1.807) is 20.8 Å². The Morgan fingerprint density at radius 1 is 1.18 bits per heavy atom. The van der Waals surface area contributed by atoms with Crippen molar-refractivity contribution < 1.29 is 34.0 Å². The molecule has 0 radical (unpaired) electrons. The van der Waals surface area contributed by atoms with Crippen LogP contribution in [0, 0.1) is 17.8 Å². The number of carbonyl (C=O) groups is 2. The molecule has 7 nitrogen and oxygen atoms in total. The molecule has 7 atom stereocenters. The van der Waals surface area contributed by atoms with Crippen molar-refractivity contribution in [3.63, 3.8) is 0 Å². The highest BCUT2D eigenvalue weighted by Crippen LogP contribution is 2.48. The molecule has 0 saturated heterocycles. The predicted molar refractivity (Wildman–Crippen MR) is 123 cm³/mol. The van der Waals surface area contributed by atoms with E-state index in [1.165, 1.54) is 0 Å². The number of hydrogen-bond acceptors (Lipinski definition) is 7. The monoisotopic (exact) mass is 462 g/mol. The summed E-state index contributed by atoms with van der Waals surface area (Å²) in [4.78, 5) is 24.7. The number of fused-ring (bicyclic) bond motifs is 2. The third-order valence-electron chi connectivity index (χ3n) is 7.16. The number of carbonyl (C=O) groups excluding carboxylic acids is 2. The number of esters is 1. The lowest BCUT2D eigenvalue weighted by molar-refractivity contribution is -0.159. The van der Waals surface area contributed by atoms with Crippen LogP contribution >= 0.6 is 0 Å². The number of allylic oxidation sites excluding steroid dienone is 2. The maximum Gasteiger partial charge on any atom is 0.508 e. The summed E-state index contributed by atoms with van der Waals surface area (Å²) in [5, 5.41) is 23.2. The smallest absolute Gasteiger partial charge is 0.458 e. The molecule has 1 heterocycles. The molecule has 0 bridgehead atoms. The van der Waals surface area contributed by atoms with Gasteiger partial charge in [0.1, 0.15) is 17.8 Å². The molecule has 184 valence electrons. The van der Waals surface area contributed by atoms with Crippen LogP contribution in [-0.2, 0) is 19.0 Å². The first-order chi connectivity index (χ1) is 15.4. The molecule has 0 fully saturated rings. The second-order valence-electron chi connectivity index (χ2n) is 10.1. The van der Waals surface area contributed by atoms with Crippen molar-refractivity contribution in [1.82, 2.24) is 0 Å². The van der Waals surface area contributed by atoms with Crippen LogP contribution in [0.1, 0.15) is 67.2 Å². The highest BCUT2D eigenvalue weighted by Gasteiger charge is 2.49. The van der Waals surface area contributed by atoms with E-state index in [4.69, 9.17) is 14.2 Å². The highest BCUT2D eigenvalue weighted by atomic mass is 16.7. The van der Waals surface area contributed by atoms with Gasteiger partial charge in [-0.3, -0.25) is 4.79 Å². The Morgan fingerprint density at radius 3 is 2.55 bits per heavy atom. The number of aliphatic hydroxyl groups is 2. The zero-order valence-electron chi connectivity index (χ0n) is 20.5. The van der Waals surface area contributed by atoms with Crippen molar-refractivity contribution in [3.05, 3.63) is 34.9 Å². The van der Waals surface area contributed by atoms with Crippen molar-refractivity contribution in [2.24, 2.45) is 17.8 Å². The molecule has 7 heteroatoms. The van der Waals surface area contributed by atoms with E-state index in [2.05, 4.69) is 0 Å². The van der Waals surface area contributed by atoms with Crippen molar-refractivity contribution in [2.75, 3.05) is 0 Å². The number of aliphatic hydroxyl groups excluding tert-OH is 1. The Morgan fingerprint density at radius 2 is 1.88 bits per heavy atom. The Kier molecular flexibility index (Phi) is 7.74. The first-order valence-corrected chi connectivity index (χ1v) is 12.0. The minimum Gasteiger partial charge on any atom is -0.458 e. The molecule has 0 amide bonds. The maximum atomic E-state index is 12.7. The zero-order valence-corrected chi connectivity index (χ0v) is 20.5. The van der Waals surface area contributed by atoms with Crippen molar-refractivity contribution in [2.45, 2.75) is 97.2 Å². The molecule has 0 aromatic rings. The van der Waals surface area contributed by atoms with Gasteiger partial charge in [0.05, 0.1) is 12.2 Å². The standard InChI is InChI=1S/C26H38O7/c1-14(2)31-25(29)32-18(6)24-16(4)13-17(5)26(30)20(11-12-21(27)33-24)10-9-19-8-7-15(3)23(28)22(19)26/h9-10,13-16,18,20,23-24,28,30H,7-8,11-12H2,1-6H3/b17-13+/t15-,16?,18?,20?,23+,24?,26?/m0/s1. The van der Waals surface area contributed by atoms with E-state index in [-0.39, 0.29) is 30.3 Å². The fourth-order valence-corrected chi connectivity index (χ4v) is 5.34. The number of rotatable bonds is 3.